The SMILES string of the molecule is C=C[C@@H]1CN2CC[C@H]1C[C@H]2[C@H](O)c1ccnc2ccccc12.O=S(=O)(O)O. The second-order valence-corrected chi connectivity index (χ2v) is 7.95. The first-order chi connectivity index (χ1) is 12.8. The predicted molar refractivity (Wildman–Crippen MR) is 103 cm³/mol. The molecule has 2 bridgehead atoms. The predicted octanol–water partition coefficient (Wildman–Crippen LogP) is 2.51. The standard InChI is InChI=1S/C19H22N2O.H2O4S/c1-2-13-12-21-10-8-14(13)11-18(21)19(22)16-7-9-20-17-6-4-3-5-15(16)17;1-5(2,3)4/h2-7,9,13-14,18-19,22H,1,8,10-12H2;(H2,1,2,3,4)/t13-,14+,18+,19-;/m1./s1. The third-order valence-corrected chi connectivity index (χ3v) is 5.52. The molecular formula is C19H24N2O5S. The van der Waals surface area contributed by atoms with E-state index in [1.54, 1.807) is 0 Å². The lowest BCUT2D eigenvalue weighted by Crippen LogP contribution is -2.54. The van der Waals surface area contributed by atoms with Crippen LogP contribution in [-0.2, 0) is 10.4 Å². The number of hydrogen-bond acceptors (Lipinski definition) is 5. The third kappa shape index (κ3) is 4.72. The molecule has 8 heteroatoms. The lowest BCUT2D eigenvalue weighted by atomic mass is 9.73. The topological polar surface area (TPSA) is 111 Å². The highest BCUT2D eigenvalue weighted by Crippen LogP contribution is 2.41. The Bertz CT molecular complexity index is 904. The maximum atomic E-state index is 11.0. The molecule has 1 aromatic heterocycles. The monoisotopic (exact) mass is 392 g/mol. The molecular weight excluding hydrogens is 368 g/mol. The summed E-state index contributed by atoms with van der Waals surface area (Å²) in [7, 11) is -4.67. The summed E-state index contributed by atoms with van der Waals surface area (Å²) >= 11 is 0. The van der Waals surface area contributed by atoms with Crippen LogP contribution in [0.3, 0.4) is 0 Å². The summed E-state index contributed by atoms with van der Waals surface area (Å²) in [5.41, 5.74) is 1.97. The fraction of sp³-hybridized carbons (Fsp3) is 0.421. The Morgan fingerprint density at radius 1 is 1.26 bits per heavy atom. The van der Waals surface area contributed by atoms with Crippen LogP contribution in [0.4, 0.5) is 0 Å². The fourth-order valence-electron chi connectivity index (χ4n) is 4.29. The zero-order valence-electron chi connectivity index (χ0n) is 14.8. The molecule has 1 unspecified atom stereocenters. The summed E-state index contributed by atoms with van der Waals surface area (Å²) in [6.07, 6.45) is 5.76. The van der Waals surface area contributed by atoms with E-state index in [9.17, 15) is 5.11 Å². The fourth-order valence-corrected chi connectivity index (χ4v) is 4.29. The smallest absolute Gasteiger partial charge is 0.387 e. The molecule has 5 rings (SSSR count). The van der Waals surface area contributed by atoms with Gasteiger partial charge in [-0.25, -0.2) is 0 Å². The molecule has 1 aromatic carbocycles. The van der Waals surface area contributed by atoms with Gasteiger partial charge in [-0.2, -0.15) is 8.42 Å². The lowest BCUT2D eigenvalue weighted by Gasteiger charge is -2.50. The highest BCUT2D eigenvalue weighted by Gasteiger charge is 2.42. The zero-order valence-corrected chi connectivity index (χ0v) is 15.7. The van der Waals surface area contributed by atoms with Crippen LogP contribution in [0, 0.1) is 11.8 Å². The number of benzene rings is 1. The van der Waals surface area contributed by atoms with E-state index in [2.05, 4.69) is 28.6 Å². The Kier molecular flexibility index (Phi) is 5.92. The normalized spacial score (nSPS) is 28.3. The molecule has 0 radical (unpaired) electrons. The van der Waals surface area contributed by atoms with E-state index in [-0.39, 0.29) is 6.04 Å². The van der Waals surface area contributed by atoms with E-state index in [1.807, 2.05) is 30.5 Å². The van der Waals surface area contributed by atoms with Gasteiger partial charge in [0.25, 0.3) is 0 Å². The number of rotatable bonds is 3. The van der Waals surface area contributed by atoms with Crippen LogP contribution in [0.2, 0.25) is 0 Å². The maximum absolute atomic E-state index is 11.0. The molecule has 0 spiro atoms. The van der Waals surface area contributed by atoms with Gasteiger partial charge in [0.05, 0.1) is 11.6 Å². The summed E-state index contributed by atoms with van der Waals surface area (Å²) in [6, 6.07) is 10.3. The van der Waals surface area contributed by atoms with Crippen LogP contribution in [0.5, 0.6) is 0 Å². The molecule has 3 fully saturated rings. The molecule has 0 amide bonds. The van der Waals surface area contributed by atoms with E-state index in [1.165, 1.54) is 6.42 Å². The van der Waals surface area contributed by atoms with Crippen molar-refractivity contribution in [2.45, 2.75) is 25.0 Å². The first kappa shape index (κ1) is 19.9. The Hall–Kier alpha value is -1.84. The lowest BCUT2D eigenvalue weighted by molar-refractivity contribution is -0.0444. The molecule has 0 saturated carbocycles. The van der Waals surface area contributed by atoms with Crippen molar-refractivity contribution in [2.75, 3.05) is 13.1 Å². The maximum Gasteiger partial charge on any atom is 0.394 e. The second-order valence-electron chi connectivity index (χ2n) is 7.06. The summed E-state index contributed by atoms with van der Waals surface area (Å²) in [5.74, 6) is 1.27. The summed E-state index contributed by atoms with van der Waals surface area (Å²) in [6.45, 7) is 6.11. The van der Waals surface area contributed by atoms with Crippen molar-refractivity contribution < 1.29 is 22.6 Å². The first-order valence-corrected chi connectivity index (χ1v) is 10.3. The first-order valence-electron chi connectivity index (χ1n) is 8.86. The number of pyridine rings is 1. The van der Waals surface area contributed by atoms with Crippen LogP contribution in [0.25, 0.3) is 10.9 Å². The van der Waals surface area contributed by atoms with Crippen molar-refractivity contribution in [1.29, 1.82) is 0 Å². The number of hydrogen-bond donors (Lipinski definition) is 3. The van der Waals surface area contributed by atoms with Gasteiger partial charge in [-0.15, -0.1) is 6.58 Å². The van der Waals surface area contributed by atoms with Gasteiger partial charge in [0.1, 0.15) is 0 Å². The Labute approximate surface area is 158 Å². The van der Waals surface area contributed by atoms with Crippen LogP contribution < -0.4 is 0 Å². The number of aliphatic hydroxyl groups is 1. The summed E-state index contributed by atoms with van der Waals surface area (Å²) in [5, 5.41) is 12.1. The molecule has 5 atom stereocenters. The van der Waals surface area contributed by atoms with Crippen molar-refractivity contribution in [2.24, 2.45) is 11.8 Å². The highest BCUT2D eigenvalue weighted by atomic mass is 32.3. The average molecular weight is 392 g/mol. The molecule has 7 nitrogen and oxygen atoms in total. The quantitative estimate of drug-likeness (QED) is 0.544. The van der Waals surface area contributed by atoms with Crippen LogP contribution in [0.15, 0.2) is 49.2 Å². The van der Waals surface area contributed by atoms with Gasteiger partial charge in [-0.3, -0.25) is 19.0 Å². The van der Waals surface area contributed by atoms with Gasteiger partial charge >= 0.3 is 10.4 Å². The summed E-state index contributed by atoms with van der Waals surface area (Å²) < 4.78 is 31.6. The van der Waals surface area contributed by atoms with Crippen molar-refractivity contribution in [3.8, 4) is 0 Å². The molecule has 4 heterocycles. The van der Waals surface area contributed by atoms with E-state index < -0.39 is 16.5 Å². The number of piperidine rings is 3. The van der Waals surface area contributed by atoms with E-state index in [0.29, 0.717) is 11.8 Å². The van der Waals surface area contributed by atoms with Crippen LogP contribution in [-0.4, -0.2) is 51.6 Å². The van der Waals surface area contributed by atoms with E-state index in [4.69, 9.17) is 17.5 Å². The molecule has 27 heavy (non-hydrogen) atoms. The molecule has 3 aliphatic heterocycles. The van der Waals surface area contributed by atoms with Gasteiger partial charge in [-0.05, 0) is 48.9 Å². The highest BCUT2D eigenvalue weighted by molar-refractivity contribution is 7.79. The average Bonchev–Trinajstić information content (AvgIpc) is 2.66. The molecule has 3 saturated heterocycles. The molecule has 0 aliphatic carbocycles. The van der Waals surface area contributed by atoms with Gasteiger partial charge in [0.2, 0.25) is 0 Å². The number of aliphatic hydroxyl groups excluding tert-OH is 1. The van der Waals surface area contributed by atoms with Gasteiger partial charge in [0.15, 0.2) is 0 Å². The molecule has 3 aliphatic rings. The van der Waals surface area contributed by atoms with Gasteiger partial charge < -0.3 is 5.11 Å². The van der Waals surface area contributed by atoms with Crippen molar-refractivity contribution >= 4 is 21.3 Å². The Balaban J connectivity index is 0.000000376. The third-order valence-electron chi connectivity index (χ3n) is 5.52. The van der Waals surface area contributed by atoms with Crippen molar-refractivity contribution in [3.63, 3.8) is 0 Å². The number of fused-ring (bicyclic) bond motifs is 4. The van der Waals surface area contributed by atoms with E-state index in [0.717, 1.165) is 36.0 Å². The van der Waals surface area contributed by atoms with Crippen molar-refractivity contribution in [3.05, 3.63) is 54.7 Å². The second kappa shape index (κ2) is 8.04. The Morgan fingerprint density at radius 2 is 1.96 bits per heavy atom. The van der Waals surface area contributed by atoms with Crippen LogP contribution >= 0.6 is 0 Å². The number of para-hydroxylation sites is 1. The Morgan fingerprint density at radius 3 is 2.59 bits per heavy atom. The molecule has 146 valence electrons. The zero-order chi connectivity index (χ0) is 19.6. The van der Waals surface area contributed by atoms with E-state index >= 15 is 0 Å². The molecule has 2 aromatic rings. The largest absolute Gasteiger partial charge is 0.394 e. The minimum Gasteiger partial charge on any atom is -0.387 e. The van der Waals surface area contributed by atoms with Crippen LogP contribution in [0.1, 0.15) is 24.5 Å². The van der Waals surface area contributed by atoms with Gasteiger partial charge in [0, 0.05) is 24.2 Å². The number of nitrogens with zero attached hydrogens (tertiary/aromatic N) is 2. The molecule has 3 N–H and O–H groups in total. The van der Waals surface area contributed by atoms with Crippen molar-refractivity contribution in [1.82, 2.24) is 9.88 Å². The summed E-state index contributed by atoms with van der Waals surface area (Å²) in [4.78, 5) is 6.86. The number of aromatic nitrogens is 1. The van der Waals surface area contributed by atoms with Gasteiger partial charge in [-0.1, -0.05) is 24.3 Å². The minimum atomic E-state index is -4.67. The minimum absolute atomic E-state index is 0.223.